The third kappa shape index (κ3) is 2.73. The van der Waals surface area contributed by atoms with Gasteiger partial charge in [-0.1, -0.05) is 16.8 Å². The van der Waals surface area contributed by atoms with Crippen molar-refractivity contribution >= 4 is 11.6 Å². The van der Waals surface area contributed by atoms with Crippen LogP contribution < -0.4 is 0 Å². The molecule has 0 spiro atoms. The molecular weight excluding hydrogens is 295 g/mol. The number of rotatable bonds is 2. The fourth-order valence-corrected chi connectivity index (χ4v) is 2.17. The van der Waals surface area contributed by atoms with Crippen molar-refractivity contribution in [2.24, 2.45) is 0 Å². The second-order valence-corrected chi connectivity index (χ2v) is 5.04. The van der Waals surface area contributed by atoms with E-state index in [4.69, 9.17) is 16.1 Å². The summed E-state index contributed by atoms with van der Waals surface area (Å²) in [6, 6.07) is 9.05. The molecule has 1 heterocycles. The van der Waals surface area contributed by atoms with Gasteiger partial charge in [-0.2, -0.15) is 4.98 Å². The zero-order chi connectivity index (χ0) is 15.0. The third-order valence-corrected chi connectivity index (χ3v) is 3.15. The average Bonchev–Trinajstić information content (AvgIpc) is 2.87. The molecule has 0 radical (unpaired) electrons. The monoisotopic (exact) mass is 304 g/mol. The van der Waals surface area contributed by atoms with Crippen LogP contribution in [0.5, 0.6) is 5.75 Å². The number of phenolic OH excluding ortho intramolecular Hbond substituents is 1. The first kappa shape index (κ1) is 13.6. The summed E-state index contributed by atoms with van der Waals surface area (Å²) in [5.41, 5.74) is 1.63. The summed E-state index contributed by atoms with van der Waals surface area (Å²) >= 11 is 5.77. The smallest absolute Gasteiger partial charge is 0.261 e. The summed E-state index contributed by atoms with van der Waals surface area (Å²) in [6.07, 6.45) is 0. The second kappa shape index (κ2) is 5.18. The molecule has 2 aromatic carbocycles. The number of aryl methyl sites for hydroxylation is 1. The van der Waals surface area contributed by atoms with Gasteiger partial charge in [0, 0.05) is 10.6 Å². The van der Waals surface area contributed by atoms with Crippen LogP contribution >= 0.6 is 11.6 Å². The van der Waals surface area contributed by atoms with Crippen LogP contribution in [-0.2, 0) is 0 Å². The van der Waals surface area contributed by atoms with E-state index >= 15 is 0 Å². The fraction of sp³-hybridized carbons (Fsp3) is 0.0667. The molecule has 0 atom stereocenters. The van der Waals surface area contributed by atoms with Crippen molar-refractivity contribution in [1.29, 1.82) is 0 Å². The lowest BCUT2D eigenvalue weighted by Gasteiger charge is -1.99. The van der Waals surface area contributed by atoms with Crippen molar-refractivity contribution in [3.05, 3.63) is 52.8 Å². The first-order valence-corrected chi connectivity index (χ1v) is 6.51. The Morgan fingerprint density at radius 1 is 1.19 bits per heavy atom. The Hall–Kier alpha value is -2.40. The molecule has 0 saturated heterocycles. The highest BCUT2D eigenvalue weighted by molar-refractivity contribution is 6.30. The highest BCUT2D eigenvalue weighted by Crippen LogP contribution is 2.31. The zero-order valence-electron chi connectivity index (χ0n) is 11.0. The van der Waals surface area contributed by atoms with Crippen molar-refractivity contribution in [3.8, 4) is 28.6 Å². The molecule has 0 aliphatic carbocycles. The zero-order valence-corrected chi connectivity index (χ0v) is 11.7. The summed E-state index contributed by atoms with van der Waals surface area (Å²) in [7, 11) is 0. The van der Waals surface area contributed by atoms with Gasteiger partial charge in [0.25, 0.3) is 5.89 Å². The molecule has 6 heteroatoms. The highest BCUT2D eigenvalue weighted by Gasteiger charge is 2.15. The Kier molecular flexibility index (Phi) is 3.35. The normalized spacial score (nSPS) is 10.8. The standard InChI is InChI=1S/C15H10ClFN2O2/c1-8-4-9(6-11(17)5-8)14-18-15(21-19-14)12-3-2-10(16)7-13(12)20/h2-7,20H,1H3. The van der Waals surface area contributed by atoms with Gasteiger partial charge in [0.05, 0.1) is 5.56 Å². The molecule has 4 nitrogen and oxygen atoms in total. The fourth-order valence-electron chi connectivity index (χ4n) is 2.00. The van der Waals surface area contributed by atoms with Gasteiger partial charge in [0.1, 0.15) is 11.6 Å². The van der Waals surface area contributed by atoms with E-state index in [1.54, 1.807) is 25.1 Å². The minimum Gasteiger partial charge on any atom is -0.507 e. The summed E-state index contributed by atoms with van der Waals surface area (Å²) in [4.78, 5) is 4.18. The van der Waals surface area contributed by atoms with Gasteiger partial charge in [0.15, 0.2) is 0 Å². The molecule has 3 rings (SSSR count). The Balaban J connectivity index is 2.03. The van der Waals surface area contributed by atoms with E-state index in [1.165, 1.54) is 18.2 Å². The third-order valence-electron chi connectivity index (χ3n) is 2.92. The lowest BCUT2D eigenvalue weighted by molar-refractivity contribution is 0.425. The maximum absolute atomic E-state index is 13.4. The van der Waals surface area contributed by atoms with E-state index in [9.17, 15) is 9.50 Å². The van der Waals surface area contributed by atoms with E-state index in [2.05, 4.69) is 10.1 Å². The number of benzene rings is 2. The van der Waals surface area contributed by atoms with Gasteiger partial charge in [-0.05, 0) is 48.9 Å². The first-order chi connectivity index (χ1) is 10.0. The SMILES string of the molecule is Cc1cc(F)cc(-c2noc(-c3ccc(Cl)cc3O)n2)c1. The number of phenols is 1. The van der Waals surface area contributed by atoms with Crippen LogP contribution in [-0.4, -0.2) is 15.2 Å². The van der Waals surface area contributed by atoms with E-state index in [1.807, 2.05) is 0 Å². The van der Waals surface area contributed by atoms with Crippen molar-refractivity contribution in [2.45, 2.75) is 6.92 Å². The molecule has 0 saturated carbocycles. The Bertz CT molecular complexity index is 797. The van der Waals surface area contributed by atoms with Crippen molar-refractivity contribution in [1.82, 2.24) is 10.1 Å². The van der Waals surface area contributed by atoms with Gasteiger partial charge in [-0.25, -0.2) is 4.39 Å². The van der Waals surface area contributed by atoms with Gasteiger partial charge >= 0.3 is 0 Å². The Labute approximate surface area is 124 Å². The number of aromatic hydroxyl groups is 1. The Morgan fingerprint density at radius 2 is 2.00 bits per heavy atom. The molecule has 3 aromatic rings. The lowest BCUT2D eigenvalue weighted by atomic mass is 10.1. The van der Waals surface area contributed by atoms with Crippen molar-refractivity contribution < 1.29 is 14.0 Å². The predicted octanol–water partition coefficient (Wildman–Crippen LogP) is 4.21. The van der Waals surface area contributed by atoms with Crippen molar-refractivity contribution in [3.63, 3.8) is 0 Å². The molecule has 1 aromatic heterocycles. The van der Waals surface area contributed by atoms with E-state index in [0.717, 1.165) is 5.56 Å². The van der Waals surface area contributed by atoms with Gasteiger partial charge in [-0.15, -0.1) is 0 Å². The van der Waals surface area contributed by atoms with Crippen LogP contribution in [0.2, 0.25) is 5.02 Å². The molecular formula is C15H10ClFN2O2. The van der Waals surface area contributed by atoms with Crippen molar-refractivity contribution in [2.75, 3.05) is 0 Å². The molecule has 0 unspecified atom stereocenters. The van der Waals surface area contributed by atoms with Crippen LogP contribution in [0, 0.1) is 12.7 Å². The second-order valence-electron chi connectivity index (χ2n) is 4.60. The molecule has 1 N–H and O–H groups in total. The number of nitrogens with zero attached hydrogens (tertiary/aromatic N) is 2. The van der Waals surface area contributed by atoms with Crippen LogP contribution in [0.3, 0.4) is 0 Å². The summed E-state index contributed by atoms with van der Waals surface area (Å²) in [6.45, 7) is 1.78. The number of halogens is 2. The Morgan fingerprint density at radius 3 is 2.71 bits per heavy atom. The minimum atomic E-state index is -0.370. The van der Waals surface area contributed by atoms with Crippen LogP contribution in [0.15, 0.2) is 40.9 Å². The lowest BCUT2D eigenvalue weighted by Crippen LogP contribution is -1.85. The molecule has 0 amide bonds. The number of aromatic nitrogens is 2. The number of hydrogen-bond acceptors (Lipinski definition) is 4. The molecule has 106 valence electrons. The van der Waals surface area contributed by atoms with Gasteiger partial charge < -0.3 is 9.63 Å². The van der Waals surface area contributed by atoms with E-state index in [-0.39, 0.29) is 23.3 Å². The van der Waals surface area contributed by atoms with E-state index < -0.39 is 0 Å². The van der Waals surface area contributed by atoms with Gasteiger partial charge in [0.2, 0.25) is 5.82 Å². The summed E-state index contributed by atoms with van der Waals surface area (Å²) < 4.78 is 18.5. The average molecular weight is 305 g/mol. The predicted molar refractivity (Wildman–Crippen MR) is 76.5 cm³/mol. The van der Waals surface area contributed by atoms with E-state index in [0.29, 0.717) is 16.1 Å². The number of hydrogen-bond donors (Lipinski definition) is 1. The van der Waals surface area contributed by atoms with Crippen LogP contribution in [0.25, 0.3) is 22.8 Å². The largest absolute Gasteiger partial charge is 0.507 e. The first-order valence-electron chi connectivity index (χ1n) is 6.13. The highest BCUT2D eigenvalue weighted by atomic mass is 35.5. The van der Waals surface area contributed by atoms with Gasteiger partial charge in [-0.3, -0.25) is 0 Å². The summed E-state index contributed by atoms with van der Waals surface area (Å²) in [5, 5.41) is 14.1. The maximum Gasteiger partial charge on any atom is 0.261 e. The molecule has 0 aliphatic rings. The molecule has 21 heavy (non-hydrogen) atoms. The topological polar surface area (TPSA) is 59.2 Å². The maximum atomic E-state index is 13.4. The molecule has 0 aliphatic heterocycles. The molecule has 0 bridgehead atoms. The summed E-state index contributed by atoms with van der Waals surface area (Å²) in [5.74, 6) is -0.0400. The van der Waals surface area contributed by atoms with Crippen LogP contribution in [0.1, 0.15) is 5.56 Å². The minimum absolute atomic E-state index is 0.0619. The quantitative estimate of drug-likeness (QED) is 0.770. The molecule has 0 fully saturated rings. The van der Waals surface area contributed by atoms with Crippen LogP contribution in [0.4, 0.5) is 4.39 Å².